The molecule has 0 amide bonds. The van der Waals surface area contributed by atoms with Crippen molar-refractivity contribution in [3.63, 3.8) is 0 Å². The van der Waals surface area contributed by atoms with E-state index in [4.69, 9.17) is 9.47 Å². The van der Waals surface area contributed by atoms with Crippen LogP contribution in [0.3, 0.4) is 0 Å². The zero-order chi connectivity index (χ0) is 21.0. The molecule has 0 saturated carbocycles. The van der Waals surface area contributed by atoms with Crippen molar-refractivity contribution in [3.05, 3.63) is 73.5 Å². The Bertz CT molecular complexity index is 1000. The summed E-state index contributed by atoms with van der Waals surface area (Å²) in [6, 6.07) is 8.87. The van der Waals surface area contributed by atoms with E-state index < -0.39 is 48.4 Å². The number of hydrogen-bond acceptors (Lipinski definition) is 7. The van der Waals surface area contributed by atoms with Gasteiger partial charge in [0.1, 0.15) is 12.2 Å². The summed E-state index contributed by atoms with van der Waals surface area (Å²) in [5.41, 5.74) is -0.563. The maximum absolute atomic E-state index is 12.4. The second-order valence-electron chi connectivity index (χ2n) is 6.40. The van der Waals surface area contributed by atoms with Crippen LogP contribution in [0.15, 0.2) is 51.1 Å². The van der Waals surface area contributed by atoms with E-state index in [1.807, 2.05) is 6.07 Å². The normalized spacial score (nSPS) is 24.1. The number of hydrogen-bond donors (Lipinski definition) is 3. The Hall–Kier alpha value is -2.53. The molecule has 154 valence electrons. The molecule has 3 rings (SSSR count). The van der Waals surface area contributed by atoms with Crippen molar-refractivity contribution in [1.29, 1.82) is 0 Å². The third-order valence-corrected chi connectivity index (χ3v) is 4.73. The highest BCUT2D eigenvalue weighted by Gasteiger charge is 2.47. The summed E-state index contributed by atoms with van der Waals surface area (Å²) in [5, 5.41) is 19.9. The summed E-state index contributed by atoms with van der Waals surface area (Å²) in [6.45, 7) is -0.545. The van der Waals surface area contributed by atoms with Crippen LogP contribution in [-0.2, 0) is 20.7 Å². The van der Waals surface area contributed by atoms with E-state index in [9.17, 15) is 24.6 Å². The van der Waals surface area contributed by atoms with Crippen LogP contribution in [0.5, 0.6) is 0 Å². The third-order valence-electron chi connectivity index (χ3n) is 4.46. The number of nitrogens with zero attached hydrogens (tertiary/aromatic N) is 1. The second-order valence-corrected chi connectivity index (χ2v) is 6.93. The van der Waals surface area contributed by atoms with Crippen molar-refractivity contribution in [1.82, 2.24) is 9.55 Å². The van der Waals surface area contributed by atoms with E-state index in [0.29, 0.717) is 5.56 Å². The van der Waals surface area contributed by atoms with Crippen LogP contribution in [0, 0.1) is 0 Å². The molecule has 1 fully saturated rings. The van der Waals surface area contributed by atoms with Gasteiger partial charge in [0.2, 0.25) is 0 Å². The molecule has 1 saturated heterocycles. The molecule has 2 aromatic rings. The second kappa shape index (κ2) is 9.31. The minimum Gasteiger partial charge on any atom is -0.454 e. The summed E-state index contributed by atoms with van der Waals surface area (Å²) in [4.78, 5) is 40.2. The monoisotopic (exact) mass is 466 g/mol. The number of esters is 1. The predicted molar refractivity (Wildman–Crippen MR) is 106 cm³/mol. The molecule has 1 aromatic heterocycles. The Morgan fingerprint density at radius 2 is 2.03 bits per heavy atom. The maximum Gasteiger partial charge on any atom is 0.330 e. The minimum atomic E-state index is -1.36. The first-order chi connectivity index (χ1) is 13.9. The van der Waals surface area contributed by atoms with Crippen molar-refractivity contribution in [2.75, 3.05) is 6.61 Å². The van der Waals surface area contributed by atoms with Crippen LogP contribution >= 0.6 is 15.9 Å². The van der Waals surface area contributed by atoms with Crippen LogP contribution < -0.4 is 11.2 Å². The van der Waals surface area contributed by atoms with E-state index in [-0.39, 0.29) is 12.0 Å². The largest absolute Gasteiger partial charge is 0.454 e. The molecule has 1 aromatic carbocycles. The van der Waals surface area contributed by atoms with Crippen LogP contribution in [0.2, 0.25) is 0 Å². The Balaban J connectivity index is 1.90. The van der Waals surface area contributed by atoms with Crippen LogP contribution in [0.1, 0.15) is 17.4 Å². The first-order valence-electron chi connectivity index (χ1n) is 8.74. The van der Waals surface area contributed by atoms with Crippen LogP contribution in [0.25, 0.3) is 6.08 Å². The number of aromatic nitrogens is 2. The van der Waals surface area contributed by atoms with Gasteiger partial charge in [0.15, 0.2) is 12.3 Å². The molecule has 29 heavy (non-hydrogen) atoms. The van der Waals surface area contributed by atoms with Gasteiger partial charge in [-0.05, 0) is 16.6 Å². The van der Waals surface area contributed by atoms with Gasteiger partial charge in [-0.2, -0.15) is 0 Å². The first kappa shape index (κ1) is 21.2. The number of benzene rings is 1. The van der Waals surface area contributed by atoms with Crippen LogP contribution in [0.4, 0.5) is 0 Å². The fourth-order valence-electron chi connectivity index (χ4n) is 3.05. The maximum atomic E-state index is 12.4. The molecule has 1 aliphatic heterocycles. The molecule has 4 atom stereocenters. The predicted octanol–water partition coefficient (Wildman–Crippen LogP) is 0.307. The highest BCUT2D eigenvalue weighted by atomic mass is 79.9. The molecule has 10 heteroatoms. The number of H-pyrrole nitrogens is 1. The van der Waals surface area contributed by atoms with Gasteiger partial charge in [-0.1, -0.05) is 46.3 Å². The summed E-state index contributed by atoms with van der Waals surface area (Å²) in [5.74, 6) is -0.634. The highest BCUT2D eigenvalue weighted by molar-refractivity contribution is 9.11. The van der Waals surface area contributed by atoms with E-state index in [1.54, 1.807) is 24.3 Å². The fraction of sp³-hybridized carbons (Fsp3) is 0.316. The number of aliphatic hydroxyl groups is 2. The molecule has 0 radical (unpaired) electrons. The number of halogens is 1. The highest BCUT2D eigenvalue weighted by Crippen LogP contribution is 2.31. The Labute approximate surface area is 173 Å². The lowest BCUT2D eigenvalue weighted by Crippen LogP contribution is -2.41. The zero-order valence-electron chi connectivity index (χ0n) is 15.1. The number of nitrogens with one attached hydrogen (secondary N) is 1. The third kappa shape index (κ3) is 4.73. The lowest BCUT2D eigenvalue weighted by Gasteiger charge is -2.22. The Morgan fingerprint density at radius 1 is 1.31 bits per heavy atom. The first-order valence-corrected chi connectivity index (χ1v) is 9.66. The SMILES string of the molecule is O=C(Cc1ccccc1)O[C@H]1[C@H](O)[C@@H](CO)O[C@H]1n1cc(/C=C/Br)c(=O)[nH]c1=O. The van der Waals surface area contributed by atoms with E-state index >= 15 is 0 Å². The Morgan fingerprint density at radius 3 is 2.69 bits per heavy atom. The molecule has 0 spiro atoms. The summed E-state index contributed by atoms with van der Waals surface area (Å²) in [6.07, 6.45) is -2.31. The quantitative estimate of drug-likeness (QED) is 0.522. The summed E-state index contributed by atoms with van der Waals surface area (Å²) < 4.78 is 12.0. The smallest absolute Gasteiger partial charge is 0.330 e. The molecule has 0 aliphatic carbocycles. The van der Waals surface area contributed by atoms with Crippen molar-refractivity contribution in [2.45, 2.75) is 31.0 Å². The number of carbonyl (C=O) groups excluding carboxylic acids is 1. The molecular formula is C19H19BrN2O7. The van der Waals surface area contributed by atoms with E-state index in [1.165, 1.54) is 17.3 Å². The molecule has 0 unspecified atom stereocenters. The summed E-state index contributed by atoms with van der Waals surface area (Å²) in [7, 11) is 0. The number of aromatic amines is 1. The standard InChI is InChI=1S/C19H19BrN2O7/c20-7-6-12-9-22(19(27)21-17(12)26)18-16(15(25)13(10-23)28-18)29-14(24)8-11-4-2-1-3-5-11/h1-7,9,13,15-16,18,23,25H,8,10H2,(H,21,26,27)/b7-6+/t13-,15-,16+,18-/m1/s1. The van der Waals surface area contributed by atoms with Crippen molar-refractivity contribution in [3.8, 4) is 0 Å². The molecule has 9 nitrogen and oxygen atoms in total. The number of aliphatic hydroxyl groups excluding tert-OH is 2. The molecule has 0 bridgehead atoms. The van der Waals surface area contributed by atoms with E-state index in [2.05, 4.69) is 20.9 Å². The molecule has 3 N–H and O–H groups in total. The molecule has 2 heterocycles. The van der Waals surface area contributed by atoms with Crippen molar-refractivity contribution in [2.24, 2.45) is 0 Å². The number of ether oxygens (including phenoxy) is 2. The van der Waals surface area contributed by atoms with Gasteiger partial charge in [0, 0.05) is 6.20 Å². The number of carbonyl (C=O) groups is 1. The van der Waals surface area contributed by atoms with Gasteiger partial charge in [0.05, 0.1) is 18.6 Å². The van der Waals surface area contributed by atoms with Gasteiger partial charge in [0.25, 0.3) is 5.56 Å². The van der Waals surface area contributed by atoms with E-state index in [0.717, 1.165) is 4.57 Å². The summed E-state index contributed by atoms with van der Waals surface area (Å²) >= 11 is 3.06. The van der Waals surface area contributed by atoms with Gasteiger partial charge < -0.3 is 19.7 Å². The molecule has 1 aliphatic rings. The zero-order valence-corrected chi connectivity index (χ0v) is 16.7. The van der Waals surface area contributed by atoms with Gasteiger partial charge in [-0.25, -0.2) is 4.79 Å². The van der Waals surface area contributed by atoms with Gasteiger partial charge >= 0.3 is 11.7 Å². The van der Waals surface area contributed by atoms with Crippen molar-refractivity contribution < 1.29 is 24.5 Å². The van der Waals surface area contributed by atoms with Gasteiger partial charge in [-0.3, -0.25) is 19.1 Å². The lowest BCUT2D eigenvalue weighted by atomic mass is 10.1. The minimum absolute atomic E-state index is 0.0430. The van der Waals surface area contributed by atoms with Crippen LogP contribution in [-0.4, -0.2) is 50.7 Å². The number of rotatable bonds is 6. The topological polar surface area (TPSA) is 131 Å². The van der Waals surface area contributed by atoms with Gasteiger partial charge in [-0.15, -0.1) is 0 Å². The van der Waals surface area contributed by atoms with Crippen molar-refractivity contribution >= 4 is 28.0 Å². The fourth-order valence-corrected chi connectivity index (χ4v) is 3.34. The lowest BCUT2D eigenvalue weighted by molar-refractivity contribution is -0.158. The average Bonchev–Trinajstić information content (AvgIpc) is 3.00. The Kier molecular flexibility index (Phi) is 6.80. The molecular weight excluding hydrogens is 448 g/mol. The average molecular weight is 467 g/mol.